The molecular formula is C20H20N2O2. The van der Waals surface area contributed by atoms with Gasteiger partial charge in [0.05, 0.1) is 5.92 Å². The number of fused-ring (bicyclic) bond motifs is 1. The topological polar surface area (TPSA) is 40.6 Å². The third-order valence-corrected chi connectivity index (χ3v) is 4.99. The van der Waals surface area contributed by atoms with Crippen LogP contribution in [0.4, 0.5) is 11.4 Å². The summed E-state index contributed by atoms with van der Waals surface area (Å²) in [6.45, 7) is 2.54. The van der Waals surface area contributed by atoms with Crippen LogP contribution in [0.25, 0.3) is 0 Å². The minimum atomic E-state index is -0.272. The van der Waals surface area contributed by atoms with E-state index in [-0.39, 0.29) is 23.8 Å². The third-order valence-electron chi connectivity index (χ3n) is 4.99. The summed E-state index contributed by atoms with van der Waals surface area (Å²) >= 11 is 0. The molecule has 122 valence electrons. The van der Waals surface area contributed by atoms with Crippen LogP contribution >= 0.6 is 0 Å². The van der Waals surface area contributed by atoms with Crippen LogP contribution < -0.4 is 9.80 Å². The molecule has 2 aromatic rings. The number of hydrogen-bond acceptors (Lipinski definition) is 2. The second-order valence-electron chi connectivity index (χ2n) is 6.63. The summed E-state index contributed by atoms with van der Waals surface area (Å²) in [7, 11) is 0. The molecule has 2 aromatic carbocycles. The van der Waals surface area contributed by atoms with Crippen molar-refractivity contribution in [3.63, 3.8) is 0 Å². The molecule has 2 aliphatic rings. The Labute approximate surface area is 141 Å². The fourth-order valence-corrected chi connectivity index (χ4v) is 3.83. The van der Waals surface area contributed by atoms with E-state index in [0.29, 0.717) is 13.0 Å². The first kappa shape index (κ1) is 14.9. The van der Waals surface area contributed by atoms with E-state index >= 15 is 0 Å². The van der Waals surface area contributed by atoms with E-state index in [4.69, 9.17) is 0 Å². The molecule has 0 aliphatic carbocycles. The van der Waals surface area contributed by atoms with Gasteiger partial charge in [0.2, 0.25) is 11.8 Å². The SMILES string of the molecule is C[C@H]1Cc2ccccc2N1C(=O)[C@H]1CC(=O)N(c2ccccc2)C1. The van der Waals surface area contributed by atoms with Gasteiger partial charge >= 0.3 is 0 Å². The van der Waals surface area contributed by atoms with Gasteiger partial charge in [-0.25, -0.2) is 0 Å². The van der Waals surface area contributed by atoms with Crippen molar-refractivity contribution in [1.82, 2.24) is 0 Å². The van der Waals surface area contributed by atoms with Crippen molar-refractivity contribution in [2.45, 2.75) is 25.8 Å². The van der Waals surface area contributed by atoms with Gasteiger partial charge in [-0.15, -0.1) is 0 Å². The van der Waals surface area contributed by atoms with E-state index in [1.165, 1.54) is 5.56 Å². The van der Waals surface area contributed by atoms with Crippen LogP contribution in [-0.2, 0) is 16.0 Å². The zero-order chi connectivity index (χ0) is 16.7. The first-order valence-electron chi connectivity index (χ1n) is 8.41. The lowest BCUT2D eigenvalue weighted by Crippen LogP contribution is -2.41. The van der Waals surface area contributed by atoms with Crippen molar-refractivity contribution in [3.05, 3.63) is 60.2 Å². The first-order valence-corrected chi connectivity index (χ1v) is 8.41. The number of carbonyl (C=O) groups excluding carboxylic acids is 2. The highest BCUT2D eigenvalue weighted by Gasteiger charge is 2.40. The summed E-state index contributed by atoms with van der Waals surface area (Å²) in [5.41, 5.74) is 3.08. The highest BCUT2D eigenvalue weighted by atomic mass is 16.2. The van der Waals surface area contributed by atoms with Crippen LogP contribution in [0.2, 0.25) is 0 Å². The number of hydrogen-bond donors (Lipinski definition) is 0. The molecule has 4 nitrogen and oxygen atoms in total. The zero-order valence-corrected chi connectivity index (χ0v) is 13.7. The molecule has 0 aromatic heterocycles. The van der Waals surface area contributed by atoms with Crippen LogP contribution in [0, 0.1) is 5.92 Å². The van der Waals surface area contributed by atoms with Crippen molar-refractivity contribution in [1.29, 1.82) is 0 Å². The number of amides is 2. The van der Waals surface area contributed by atoms with Crippen molar-refractivity contribution < 1.29 is 9.59 Å². The van der Waals surface area contributed by atoms with E-state index in [1.807, 2.05) is 53.4 Å². The van der Waals surface area contributed by atoms with E-state index in [9.17, 15) is 9.59 Å². The van der Waals surface area contributed by atoms with Gasteiger partial charge in [0.1, 0.15) is 0 Å². The normalized spacial score (nSPS) is 22.8. The predicted molar refractivity (Wildman–Crippen MR) is 94.0 cm³/mol. The number of anilines is 2. The standard InChI is InChI=1S/C20H20N2O2/c1-14-11-15-7-5-6-10-18(15)22(14)20(24)16-12-19(23)21(13-16)17-8-3-2-4-9-17/h2-10,14,16H,11-13H2,1H3/t14-,16-/m0/s1. The van der Waals surface area contributed by atoms with Crippen LogP contribution in [0.15, 0.2) is 54.6 Å². The molecule has 0 unspecified atom stereocenters. The average Bonchev–Trinajstić information content (AvgIpc) is 3.14. The maximum absolute atomic E-state index is 13.1. The Morgan fingerprint density at radius 1 is 1.00 bits per heavy atom. The molecule has 0 radical (unpaired) electrons. The Morgan fingerprint density at radius 3 is 2.50 bits per heavy atom. The van der Waals surface area contributed by atoms with Crippen LogP contribution in [0.3, 0.4) is 0 Å². The van der Waals surface area contributed by atoms with Crippen molar-refractivity contribution in [2.75, 3.05) is 16.3 Å². The van der Waals surface area contributed by atoms with E-state index < -0.39 is 0 Å². The Kier molecular flexibility index (Phi) is 3.60. The highest BCUT2D eigenvalue weighted by Crippen LogP contribution is 2.35. The monoisotopic (exact) mass is 320 g/mol. The summed E-state index contributed by atoms with van der Waals surface area (Å²) in [4.78, 5) is 29.1. The molecule has 4 heteroatoms. The second-order valence-corrected chi connectivity index (χ2v) is 6.63. The van der Waals surface area contributed by atoms with Gasteiger partial charge in [-0.1, -0.05) is 36.4 Å². The lowest BCUT2D eigenvalue weighted by Gasteiger charge is -2.26. The van der Waals surface area contributed by atoms with Crippen LogP contribution in [-0.4, -0.2) is 24.4 Å². The smallest absolute Gasteiger partial charge is 0.232 e. The van der Waals surface area contributed by atoms with Gasteiger partial charge in [-0.3, -0.25) is 9.59 Å². The molecule has 0 saturated carbocycles. The predicted octanol–water partition coefficient (Wildman–Crippen LogP) is 3.02. The number of carbonyl (C=O) groups is 2. The van der Waals surface area contributed by atoms with Crippen LogP contribution in [0.1, 0.15) is 18.9 Å². The molecule has 2 amide bonds. The molecule has 2 aliphatic heterocycles. The molecule has 2 atom stereocenters. The minimum absolute atomic E-state index is 0.0275. The molecule has 2 heterocycles. The van der Waals surface area contributed by atoms with Crippen molar-refractivity contribution in [2.24, 2.45) is 5.92 Å². The van der Waals surface area contributed by atoms with Crippen LogP contribution in [0.5, 0.6) is 0 Å². The summed E-state index contributed by atoms with van der Waals surface area (Å²) < 4.78 is 0. The first-order chi connectivity index (χ1) is 11.6. The van der Waals surface area contributed by atoms with Gasteiger partial charge in [-0.05, 0) is 37.1 Å². The Balaban J connectivity index is 1.57. The maximum Gasteiger partial charge on any atom is 0.232 e. The van der Waals surface area contributed by atoms with Crippen molar-refractivity contribution >= 4 is 23.2 Å². The van der Waals surface area contributed by atoms with E-state index in [2.05, 4.69) is 13.0 Å². The fraction of sp³-hybridized carbons (Fsp3) is 0.300. The maximum atomic E-state index is 13.1. The van der Waals surface area contributed by atoms with Gasteiger partial charge < -0.3 is 9.80 Å². The summed E-state index contributed by atoms with van der Waals surface area (Å²) in [6, 6.07) is 17.8. The second kappa shape index (κ2) is 5.78. The van der Waals surface area contributed by atoms with E-state index in [1.54, 1.807) is 4.90 Å². The molecule has 1 fully saturated rings. The summed E-state index contributed by atoms with van der Waals surface area (Å²) in [5.74, 6) is -0.176. The number of nitrogens with zero attached hydrogens (tertiary/aromatic N) is 2. The summed E-state index contributed by atoms with van der Waals surface area (Å²) in [5, 5.41) is 0. The molecule has 0 bridgehead atoms. The Hall–Kier alpha value is -2.62. The van der Waals surface area contributed by atoms with Gasteiger partial charge in [-0.2, -0.15) is 0 Å². The van der Waals surface area contributed by atoms with Gasteiger partial charge in [0.15, 0.2) is 0 Å². The Bertz CT molecular complexity index is 787. The third kappa shape index (κ3) is 2.39. The fourth-order valence-electron chi connectivity index (χ4n) is 3.83. The lowest BCUT2D eigenvalue weighted by molar-refractivity contribution is -0.124. The molecule has 0 spiro atoms. The number of benzene rings is 2. The molecule has 0 N–H and O–H groups in total. The summed E-state index contributed by atoms with van der Waals surface area (Å²) in [6.07, 6.45) is 1.17. The molecule has 4 rings (SSSR count). The highest BCUT2D eigenvalue weighted by molar-refractivity contribution is 6.05. The zero-order valence-electron chi connectivity index (χ0n) is 13.7. The number of rotatable bonds is 2. The van der Waals surface area contributed by atoms with Gasteiger partial charge in [0, 0.05) is 30.4 Å². The van der Waals surface area contributed by atoms with E-state index in [0.717, 1.165) is 17.8 Å². The Morgan fingerprint density at radius 2 is 1.71 bits per heavy atom. The minimum Gasteiger partial charge on any atom is -0.312 e. The molecular weight excluding hydrogens is 300 g/mol. The van der Waals surface area contributed by atoms with Crippen molar-refractivity contribution in [3.8, 4) is 0 Å². The average molecular weight is 320 g/mol. The quantitative estimate of drug-likeness (QED) is 0.853. The van der Waals surface area contributed by atoms with Gasteiger partial charge in [0.25, 0.3) is 0 Å². The lowest BCUT2D eigenvalue weighted by atomic mass is 10.1. The largest absolute Gasteiger partial charge is 0.312 e. The number of para-hydroxylation sites is 2. The molecule has 24 heavy (non-hydrogen) atoms. The molecule has 1 saturated heterocycles.